The Morgan fingerprint density at radius 1 is 0.969 bits per heavy atom. The van der Waals surface area contributed by atoms with Crippen molar-refractivity contribution in [1.82, 2.24) is 9.80 Å². The molecule has 3 rings (SSSR count). The van der Waals surface area contributed by atoms with Gasteiger partial charge in [-0.05, 0) is 57.8 Å². The van der Waals surface area contributed by atoms with Crippen molar-refractivity contribution in [2.75, 3.05) is 33.3 Å². The van der Waals surface area contributed by atoms with Gasteiger partial charge in [-0.3, -0.25) is 9.69 Å². The zero-order valence-electron chi connectivity index (χ0n) is 21.4. The molecule has 2 aliphatic heterocycles. The highest BCUT2D eigenvalue weighted by molar-refractivity contribution is 5.72. The van der Waals surface area contributed by atoms with E-state index < -0.39 is 5.60 Å². The second-order valence-electron chi connectivity index (χ2n) is 8.90. The third-order valence-corrected chi connectivity index (χ3v) is 5.51. The van der Waals surface area contributed by atoms with Gasteiger partial charge in [-0.1, -0.05) is 52.0 Å². The van der Waals surface area contributed by atoms with Crippen LogP contribution >= 0.6 is 0 Å². The number of piperidine rings is 1. The van der Waals surface area contributed by atoms with Crippen LogP contribution in [0.2, 0.25) is 0 Å². The Kier molecular flexibility index (Phi) is 11.8. The minimum Gasteiger partial charge on any atom is -0.469 e. The van der Waals surface area contributed by atoms with Crippen LogP contribution in [0.3, 0.4) is 0 Å². The van der Waals surface area contributed by atoms with Gasteiger partial charge in [0.15, 0.2) is 0 Å². The number of hydrogen-bond donors (Lipinski definition) is 0. The second-order valence-corrected chi connectivity index (χ2v) is 8.90. The Labute approximate surface area is 195 Å². The van der Waals surface area contributed by atoms with Crippen LogP contribution in [-0.2, 0) is 20.8 Å². The molecule has 2 fully saturated rings. The third-order valence-electron chi connectivity index (χ3n) is 5.51. The van der Waals surface area contributed by atoms with Gasteiger partial charge in [0.05, 0.1) is 13.0 Å². The predicted octanol–water partition coefficient (Wildman–Crippen LogP) is 5.46. The minimum atomic E-state index is -0.449. The van der Waals surface area contributed by atoms with Gasteiger partial charge in [-0.15, -0.1) is 0 Å². The Hall–Kier alpha value is -2.08. The fourth-order valence-corrected chi connectivity index (χ4v) is 3.81. The first-order valence-electron chi connectivity index (χ1n) is 12.1. The number of likely N-dealkylation sites (tertiary alicyclic amines) is 2. The molecule has 1 amide bonds. The maximum Gasteiger partial charge on any atom is 0.410 e. The van der Waals surface area contributed by atoms with E-state index >= 15 is 0 Å². The fourth-order valence-electron chi connectivity index (χ4n) is 3.81. The number of carbonyl (C=O) groups is 2. The first-order chi connectivity index (χ1) is 15.2. The van der Waals surface area contributed by atoms with Crippen molar-refractivity contribution in [2.24, 2.45) is 5.92 Å². The molecule has 2 aliphatic rings. The van der Waals surface area contributed by atoms with Gasteiger partial charge in [-0.2, -0.15) is 0 Å². The summed E-state index contributed by atoms with van der Waals surface area (Å²) in [6, 6.07) is 8.71. The number of esters is 1. The summed E-state index contributed by atoms with van der Waals surface area (Å²) in [4.78, 5) is 27.8. The van der Waals surface area contributed by atoms with Gasteiger partial charge >= 0.3 is 12.1 Å². The average Bonchev–Trinajstić information content (AvgIpc) is 2.75. The molecule has 0 saturated carbocycles. The predicted molar refractivity (Wildman–Crippen MR) is 130 cm³/mol. The molecule has 0 aliphatic carbocycles. The van der Waals surface area contributed by atoms with Crippen LogP contribution in [0.4, 0.5) is 4.79 Å². The summed E-state index contributed by atoms with van der Waals surface area (Å²) in [6.45, 7) is 17.9. The van der Waals surface area contributed by atoms with E-state index in [0.717, 1.165) is 45.6 Å². The first kappa shape index (κ1) is 28.0. The Morgan fingerprint density at radius 3 is 1.97 bits per heavy atom. The summed E-state index contributed by atoms with van der Waals surface area (Å²) in [5.74, 6) is 0.359. The summed E-state index contributed by atoms with van der Waals surface area (Å²) in [6.07, 6.45) is 1.51. The van der Waals surface area contributed by atoms with E-state index in [9.17, 15) is 9.59 Å². The number of methoxy groups -OCH3 is 1. The third kappa shape index (κ3) is 8.45. The molecule has 0 atom stereocenters. The monoisotopic (exact) mass is 448 g/mol. The van der Waals surface area contributed by atoms with Crippen molar-refractivity contribution in [1.29, 1.82) is 0 Å². The van der Waals surface area contributed by atoms with Crippen molar-refractivity contribution < 1.29 is 19.1 Å². The molecular formula is C26H44N2O4. The van der Waals surface area contributed by atoms with E-state index in [2.05, 4.69) is 29.2 Å². The van der Waals surface area contributed by atoms with Crippen LogP contribution in [0.25, 0.3) is 0 Å². The Bertz CT molecular complexity index is 683. The van der Waals surface area contributed by atoms with Crippen molar-refractivity contribution in [3.8, 4) is 0 Å². The van der Waals surface area contributed by atoms with E-state index in [-0.39, 0.29) is 18.0 Å². The number of amides is 1. The van der Waals surface area contributed by atoms with Gasteiger partial charge in [0.25, 0.3) is 0 Å². The van der Waals surface area contributed by atoms with Crippen LogP contribution < -0.4 is 0 Å². The molecular weight excluding hydrogens is 404 g/mol. The van der Waals surface area contributed by atoms with Crippen molar-refractivity contribution in [3.05, 3.63) is 35.4 Å². The fraction of sp³-hybridized carbons (Fsp3) is 0.692. The SMILES string of the molecule is CC.CC.COC(=O)C1CCN(Cc2ccc(C3CN(C(=O)OC(C)(C)C)C3)cc2)CC1. The van der Waals surface area contributed by atoms with Gasteiger partial charge in [0.2, 0.25) is 0 Å². The number of rotatable bonds is 4. The molecule has 6 nitrogen and oxygen atoms in total. The lowest BCUT2D eigenvalue weighted by Crippen LogP contribution is -2.50. The van der Waals surface area contributed by atoms with Crippen LogP contribution in [0.5, 0.6) is 0 Å². The molecule has 0 N–H and O–H groups in total. The topological polar surface area (TPSA) is 59.1 Å². The Balaban J connectivity index is 0.00000121. The van der Waals surface area contributed by atoms with E-state index in [4.69, 9.17) is 9.47 Å². The average molecular weight is 449 g/mol. The molecule has 1 aromatic carbocycles. The largest absolute Gasteiger partial charge is 0.469 e. The van der Waals surface area contributed by atoms with Crippen molar-refractivity contribution in [3.63, 3.8) is 0 Å². The molecule has 32 heavy (non-hydrogen) atoms. The summed E-state index contributed by atoms with van der Waals surface area (Å²) >= 11 is 0. The molecule has 0 spiro atoms. The molecule has 0 unspecified atom stereocenters. The number of carbonyl (C=O) groups excluding carboxylic acids is 2. The smallest absolute Gasteiger partial charge is 0.410 e. The highest BCUT2D eigenvalue weighted by Gasteiger charge is 2.34. The van der Waals surface area contributed by atoms with Crippen LogP contribution in [0.15, 0.2) is 24.3 Å². The summed E-state index contributed by atoms with van der Waals surface area (Å²) in [5, 5.41) is 0. The van der Waals surface area contributed by atoms with Gasteiger partial charge < -0.3 is 14.4 Å². The number of benzene rings is 1. The van der Waals surface area contributed by atoms with Gasteiger partial charge in [0, 0.05) is 25.6 Å². The van der Waals surface area contributed by atoms with Gasteiger partial charge in [0.1, 0.15) is 5.60 Å². The molecule has 182 valence electrons. The van der Waals surface area contributed by atoms with Crippen LogP contribution in [-0.4, -0.2) is 60.8 Å². The van der Waals surface area contributed by atoms with Gasteiger partial charge in [-0.25, -0.2) is 4.79 Å². The summed E-state index contributed by atoms with van der Waals surface area (Å²) in [5.41, 5.74) is 2.10. The zero-order chi connectivity index (χ0) is 24.3. The summed E-state index contributed by atoms with van der Waals surface area (Å²) in [7, 11) is 1.46. The van der Waals surface area contributed by atoms with E-state index in [0.29, 0.717) is 5.92 Å². The maximum atomic E-state index is 12.0. The molecule has 6 heteroatoms. The van der Waals surface area contributed by atoms with Crippen molar-refractivity contribution in [2.45, 2.75) is 79.4 Å². The number of ether oxygens (including phenoxy) is 2. The maximum absolute atomic E-state index is 12.0. The molecule has 0 aromatic heterocycles. The molecule has 2 saturated heterocycles. The lowest BCUT2D eigenvalue weighted by Gasteiger charge is -2.40. The second kappa shape index (κ2) is 13.5. The van der Waals surface area contributed by atoms with E-state index in [1.54, 1.807) is 4.90 Å². The molecule has 1 aromatic rings. The summed E-state index contributed by atoms with van der Waals surface area (Å²) < 4.78 is 10.3. The minimum absolute atomic E-state index is 0.0511. The lowest BCUT2D eigenvalue weighted by molar-refractivity contribution is -0.147. The highest BCUT2D eigenvalue weighted by Crippen LogP contribution is 2.29. The van der Waals surface area contributed by atoms with Crippen LogP contribution in [0.1, 0.15) is 78.4 Å². The zero-order valence-corrected chi connectivity index (χ0v) is 21.4. The lowest BCUT2D eigenvalue weighted by atomic mass is 9.91. The number of nitrogens with zero attached hydrogens (tertiary/aromatic N) is 2. The van der Waals surface area contributed by atoms with E-state index in [1.165, 1.54) is 18.2 Å². The quantitative estimate of drug-likeness (QED) is 0.573. The molecule has 0 radical (unpaired) electrons. The molecule has 2 heterocycles. The molecule has 0 bridgehead atoms. The number of hydrogen-bond acceptors (Lipinski definition) is 5. The van der Waals surface area contributed by atoms with Crippen molar-refractivity contribution >= 4 is 12.1 Å². The first-order valence-corrected chi connectivity index (χ1v) is 12.1. The van der Waals surface area contributed by atoms with E-state index in [1.807, 2.05) is 48.5 Å². The standard InChI is InChI=1S/C22H32N2O4.2C2H6/c1-22(2,3)28-21(26)24-14-19(15-24)17-7-5-16(6-8-17)13-23-11-9-18(10-12-23)20(25)27-4;2*1-2/h5-8,18-19H,9-15H2,1-4H3;2*1-2H3. The Morgan fingerprint density at radius 2 is 1.50 bits per heavy atom. The highest BCUT2D eigenvalue weighted by atomic mass is 16.6. The normalized spacial score (nSPS) is 17.2. The van der Waals surface area contributed by atoms with Crippen LogP contribution in [0, 0.1) is 5.92 Å².